The van der Waals surface area contributed by atoms with Crippen LogP contribution >= 0.6 is 0 Å². The van der Waals surface area contributed by atoms with Crippen LogP contribution in [0.4, 0.5) is 0 Å². The minimum Gasteiger partial charge on any atom is -0.299 e. The van der Waals surface area contributed by atoms with E-state index in [9.17, 15) is 0 Å². The Hall–Kier alpha value is -4.76. The molecule has 39 heavy (non-hydrogen) atoms. The molecule has 1 fully saturated rings. The van der Waals surface area contributed by atoms with Crippen LogP contribution in [0.25, 0.3) is 39.5 Å². The Kier molecular flexibility index (Phi) is 6.10. The minimum absolute atomic E-state index is 0.367. The maximum Gasteiger partial charge on any atom is 0.174 e. The van der Waals surface area contributed by atoms with E-state index in [-0.39, 0.29) is 0 Å². The number of likely N-dealkylation sites (tertiary alicyclic amines) is 1. The molecule has 192 valence electrons. The van der Waals surface area contributed by atoms with Crippen molar-refractivity contribution in [2.75, 3.05) is 13.1 Å². The molecule has 9 heteroatoms. The summed E-state index contributed by atoms with van der Waals surface area (Å²) in [6, 6.07) is 24.8. The Morgan fingerprint density at radius 1 is 0.821 bits per heavy atom. The van der Waals surface area contributed by atoms with Crippen molar-refractivity contribution in [2.24, 2.45) is 0 Å². The number of aromatic nitrogens is 8. The molecule has 9 nitrogen and oxygen atoms in total. The van der Waals surface area contributed by atoms with E-state index in [4.69, 9.17) is 9.97 Å². The van der Waals surface area contributed by atoms with E-state index in [1.54, 1.807) is 18.9 Å². The van der Waals surface area contributed by atoms with Gasteiger partial charge < -0.3 is 0 Å². The predicted molar refractivity (Wildman–Crippen MR) is 149 cm³/mol. The summed E-state index contributed by atoms with van der Waals surface area (Å²) in [5.74, 6) is 2.00. The number of H-pyrrole nitrogens is 1. The molecule has 4 aromatic heterocycles. The summed E-state index contributed by atoms with van der Waals surface area (Å²) in [6.07, 6.45) is 7.33. The minimum atomic E-state index is 0.367. The number of piperidine rings is 1. The van der Waals surface area contributed by atoms with Gasteiger partial charge in [0.2, 0.25) is 0 Å². The first-order chi connectivity index (χ1) is 19.3. The monoisotopic (exact) mass is 513 g/mol. The molecule has 0 unspecified atom stereocenters. The summed E-state index contributed by atoms with van der Waals surface area (Å²) in [5.41, 5.74) is 6.95. The molecule has 0 amide bonds. The van der Waals surface area contributed by atoms with Gasteiger partial charge >= 0.3 is 0 Å². The third-order valence-corrected chi connectivity index (χ3v) is 7.40. The molecule has 1 saturated heterocycles. The van der Waals surface area contributed by atoms with Gasteiger partial charge in [-0.25, -0.2) is 9.97 Å². The standard InChI is InChI=1S/C30H27N9/c1-2-6-22(7-3-1)26-27(32-19-39-20-33-37-30(26)39)23-11-9-21(10-12-23)18-38-16-13-24(14-17-38)28-34-29(36-35-28)25-8-4-5-15-31-25/h1-12,15,19-20,24H,13-14,16-18H2,(H,34,35,36). The highest BCUT2D eigenvalue weighted by atomic mass is 15.2. The molecule has 0 atom stereocenters. The van der Waals surface area contributed by atoms with Crippen LogP contribution < -0.4 is 0 Å². The van der Waals surface area contributed by atoms with E-state index >= 15 is 0 Å². The van der Waals surface area contributed by atoms with Crippen LogP contribution in [0.15, 0.2) is 91.6 Å². The third kappa shape index (κ3) is 4.68. The van der Waals surface area contributed by atoms with Gasteiger partial charge in [-0.3, -0.25) is 19.4 Å². The molecule has 0 aliphatic carbocycles. The zero-order chi connectivity index (χ0) is 26.0. The van der Waals surface area contributed by atoms with Crippen LogP contribution in [0.2, 0.25) is 0 Å². The summed E-state index contributed by atoms with van der Waals surface area (Å²) >= 11 is 0. The van der Waals surface area contributed by atoms with Crippen molar-refractivity contribution in [1.82, 2.24) is 44.6 Å². The second-order valence-corrected chi connectivity index (χ2v) is 9.90. The van der Waals surface area contributed by atoms with Crippen molar-refractivity contribution < 1.29 is 0 Å². The molecule has 1 N–H and O–H groups in total. The van der Waals surface area contributed by atoms with Gasteiger partial charge in [-0.05, 0) is 49.2 Å². The van der Waals surface area contributed by atoms with E-state index in [1.165, 1.54) is 5.56 Å². The Bertz CT molecular complexity index is 1680. The first-order valence-corrected chi connectivity index (χ1v) is 13.2. The molecule has 0 spiro atoms. The van der Waals surface area contributed by atoms with Gasteiger partial charge in [-0.2, -0.15) is 5.10 Å². The average molecular weight is 514 g/mol. The molecule has 0 radical (unpaired) electrons. The van der Waals surface area contributed by atoms with Gasteiger partial charge in [0.25, 0.3) is 0 Å². The molecule has 5 heterocycles. The van der Waals surface area contributed by atoms with Crippen LogP contribution in [0.5, 0.6) is 0 Å². The Labute approximate surface area is 225 Å². The highest BCUT2D eigenvalue weighted by Crippen LogP contribution is 2.33. The maximum absolute atomic E-state index is 4.78. The number of rotatable bonds is 6. The normalized spacial score (nSPS) is 14.7. The lowest BCUT2D eigenvalue weighted by Gasteiger charge is -2.30. The van der Waals surface area contributed by atoms with E-state index < -0.39 is 0 Å². The fourth-order valence-electron chi connectivity index (χ4n) is 5.34. The summed E-state index contributed by atoms with van der Waals surface area (Å²) < 4.78 is 1.86. The number of hydrogen-bond donors (Lipinski definition) is 1. The molecular weight excluding hydrogens is 486 g/mol. The van der Waals surface area contributed by atoms with Gasteiger partial charge in [-0.15, -0.1) is 10.2 Å². The van der Waals surface area contributed by atoms with Crippen molar-refractivity contribution >= 4 is 5.65 Å². The molecule has 2 aromatic carbocycles. The number of fused-ring (bicyclic) bond motifs is 1. The second kappa shape index (κ2) is 10.2. The third-order valence-electron chi connectivity index (χ3n) is 7.40. The van der Waals surface area contributed by atoms with Crippen LogP contribution in [-0.4, -0.2) is 57.7 Å². The topological polar surface area (TPSA) is 101 Å². The highest BCUT2D eigenvalue weighted by Gasteiger charge is 2.24. The Morgan fingerprint density at radius 3 is 2.44 bits per heavy atom. The summed E-state index contributed by atoms with van der Waals surface area (Å²) in [7, 11) is 0. The van der Waals surface area contributed by atoms with E-state index in [0.717, 1.165) is 77.9 Å². The van der Waals surface area contributed by atoms with Crippen molar-refractivity contribution in [2.45, 2.75) is 25.3 Å². The van der Waals surface area contributed by atoms with Gasteiger partial charge in [0, 0.05) is 24.2 Å². The quantitative estimate of drug-likeness (QED) is 0.334. The van der Waals surface area contributed by atoms with Crippen LogP contribution in [0.1, 0.15) is 30.1 Å². The predicted octanol–water partition coefficient (Wildman–Crippen LogP) is 5.02. The Balaban J connectivity index is 1.04. The maximum atomic E-state index is 4.78. The first kappa shape index (κ1) is 23.4. The lowest BCUT2D eigenvalue weighted by Crippen LogP contribution is -2.32. The van der Waals surface area contributed by atoms with Gasteiger partial charge in [0.05, 0.1) is 11.3 Å². The fourth-order valence-corrected chi connectivity index (χ4v) is 5.34. The number of aromatic amines is 1. The highest BCUT2D eigenvalue weighted by molar-refractivity contribution is 5.89. The lowest BCUT2D eigenvalue weighted by molar-refractivity contribution is 0.202. The number of benzene rings is 2. The molecular formula is C30H27N9. The SMILES string of the molecule is c1ccc(-c2c(-c3ccc(CN4CCC(c5n[nH]c(-c6ccccn6)n5)CC4)cc3)ncn3cnnc23)cc1. The molecule has 1 aliphatic rings. The number of nitrogens with zero attached hydrogens (tertiary/aromatic N) is 8. The van der Waals surface area contributed by atoms with Crippen molar-refractivity contribution in [1.29, 1.82) is 0 Å². The smallest absolute Gasteiger partial charge is 0.174 e. The summed E-state index contributed by atoms with van der Waals surface area (Å²) in [5, 5.41) is 16.0. The summed E-state index contributed by atoms with van der Waals surface area (Å²) in [4.78, 5) is 16.4. The summed E-state index contributed by atoms with van der Waals surface area (Å²) in [6.45, 7) is 2.95. The molecule has 0 saturated carbocycles. The number of pyridine rings is 1. The van der Waals surface area contributed by atoms with Gasteiger partial charge in [0.1, 0.15) is 18.3 Å². The van der Waals surface area contributed by atoms with Crippen LogP contribution in [0.3, 0.4) is 0 Å². The molecule has 0 bridgehead atoms. The van der Waals surface area contributed by atoms with Crippen molar-refractivity contribution in [3.05, 3.63) is 103 Å². The van der Waals surface area contributed by atoms with Crippen LogP contribution in [-0.2, 0) is 6.54 Å². The van der Waals surface area contributed by atoms with Crippen molar-refractivity contribution in [3.8, 4) is 33.9 Å². The zero-order valence-corrected chi connectivity index (χ0v) is 21.4. The van der Waals surface area contributed by atoms with Gasteiger partial charge in [-0.1, -0.05) is 60.7 Å². The number of nitrogens with one attached hydrogen (secondary N) is 1. The lowest BCUT2D eigenvalue weighted by atomic mass is 9.95. The average Bonchev–Trinajstić information content (AvgIpc) is 3.69. The van der Waals surface area contributed by atoms with Crippen molar-refractivity contribution in [3.63, 3.8) is 0 Å². The second-order valence-electron chi connectivity index (χ2n) is 9.90. The van der Waals surface area contributed by atoms with E-state index in [0.29, 0.717) is 5.92 Å². The zero-order valence-electron chi connectivity index (χ0n) is 21.4. The van der Waals surface area contributed by atoms with Gasteiger partial charge in [0.15, 0.2) is 17.3 Å². The fraction of sp³-hybridized carbons (Fsp3) is 0.200. The van der Waals surface area contributed by atoms with E-state index in [2.05, 4.69) is 66.7 Å². The van der Waals surface area contributed by atoms with Crippen LogP contribution in [0, 0.1) is 0 Å². The molecule has 7 rings (SSSR count). The van der Waals surface area contributed by atoms with E-state index in [1.807, 2.05) is 40.8 Å². The molecule has 6 aromatic rings. The Morgan fingerprint density at radius 2 is 1.64 bits per heavy atom. The first-order valence-electron chi connectivity index (χ1n) is 13.2. The molecule has 1 aliphatic heterocycles. The number of hydrogen-bond acceptors (Lipinski definition) is 7. The largest absolute Gasteiger partial charge is 0.299 e.